The fourth-order valence-corrected chi connectivity index (χ4v) is 4.97. The van der Waals surface area contributed by atoms with Crippen LogP contribution in [0.3, 0.4) is 0 Å². The molecule has 6 nitrogen and oxygen atoms in total. The van der Waals surface area contributed by atoms with E-state index < -0.39 is 5.60 Å². The highest BCUT2D eigenvalue weighted by atomic mass is 32.1. The van der Waals surface area contributed by atoms with Gasteiger partial charge in [-0.25, -0.2) is 4.98 Å². The number of amides is 1. The van der Waals surface area contributed by atoms with E-state index in [0.717, 1.165) is 15.3 Å². The zero-order chi connectivity index (χ0) is 21.3. The van der Waals surface area contributed by atoms with Crippen LogP contribution >= 0.6 is 11.3 Å². The minimum atomic E-state index is -1.01. The molecule has 0 bridgehead atoms. The smallest absolute Gasteiger partial charge is 0.262 e. The normalized spacial score (nSPS) is 17.2. The highest BCUT2D eigenvalue weighted by Crippen LogP contribution is 2.27. The summed E-state index contributed by atoms with van der Waals surface area (Å²) in [6, 6.07) is 11.9. The lowest BCUT2D eigenvalue weighted by atomic mass is 9.90. The molecule has 1 aliphatic heterocycles. The summed E-state index contributed by atoms with van der Waals surface area (Å²) in [6.07, 6.45) is 2.88. The second kappa shape index (κ2) is 8.32. The molecular formula is C23H27N3O3S. The number of likely N-dealkylation sites (tertiary alicyclic amines) is 1. The van der Waals surface area contributed by atoms with Crippen molar-refractivity contribution in [1.29, 1.82) is 0 Å². The number of thiophene rings is 1. The standard InChI is InChI=1S/C23H27N3O3S/c1-16(18-6-4-3-5-7-18)12-20(27)25-10-8-23(29,9-11-25)14-26-15-24-21-19(22(26)28)13-17(2)30-21/h3-7,13,15-16,29H,8-12,14H2,1-2H3. The number of aliphatic hydroxyl groups is 1. The SMILES string of the molecule is Cc1cc2c(=O)n(CC3(O)CCN(C(=O)CC(C)c4ccccc4)CC3)cnc2s1. The maximum atomic E-state index is 12.7. The zero-order valence-electron chi connectivity index (χ0n) is 17.4. The first-order chi connectivity index (χ1) is 14.3. The van der Waals surface area contributed by atoms with Gasteiger partial charge in [0.1, 0.15) is 4.83 Å². The summed E-state index contributed by atoms with van der Waals surface area (Å²) in [7, 11) is 0. The molecule has 3 heterocycles. The number of aromatic nitrogens is 2. The zero-order valence-corrected chi connectivity index (χ0v) is 18.2. The Morgan fingerprint density at radius 3 is 2.67 bits per heavy atom. The van der Waals surface area contributed by atoms with Crippen LogP contribution in [-0.4, -0.2) is 44.2 Å². The van der Waals surface area contributed by atoms with E-state index in [0.29, 0.717) is 37.7 Å². The number of piperidine rings is 1. The molecular weight excluding hydrogens is 398 g/mol. The van der Waals surface area contributed by atoms with Crippen molar-refractivity contribution in [3.8, 4) is 0 Å². The topological polar surface area (TPSA) is 75.4 Å². The summed E-state index contributed by atoms with van der Waals surface area (Å²) >= 11 is 1.50. The number of rotatable bonds is 5. The van der Waals surface area contributed by atoms with Crippen LogP contribution in [0.2, 0.25) is 0 Å². The second-order valence-electron chi connectivity index (χ2n) is 8.37. The van der Waals surface area contributed by atoms with Crippen LogP contribution in [0.5, 0.6) is 0 Å². The van der Waals surface area contributed by atoms with Gasteiger partial charge in [-0.2, -0.15) is 0 Å². The fourth-order valence-electron chi connectivity index (χ4n) is 4.13. The number of fused-ring (bicyclic) bond motifs is 1. The molecule has 158 valence electrons. The monoisotopic (exact) mass is 425 g/mol. The van der Waals surface area contributed by atoms with Crippen LogP contribution in [0, 0.1) is 6.92 Å². The maximum Gasteiger partial charge on any atom is 0.262 e. The van der Waals surface area contributed by atoms with E-state index in [1.807, 2.05) is 48.2 Å². The second-order valence-corrected chi connectivity index (χ2v) is 9.61. The van der Waals surface area contributed by atoms with Gasteiger partial charge in [-0.3, -0.25) is 14.2 Å². The Hall–Kier alpha value is -2.51. The minimum Gasteiger partial charge on any atom is -0.388 e. The van der Waals surface area contributed by atoms with Gasteiger partial charge in [-0.15, -0.1) is 11.3 Å². The van der Waals surface area contributed by atoms with Gasteiger partial charge >= 0.3 is 0 Å². The number of carbonyl (C=O) groups excluding carboxylic acids is 1. The van der Waals surface area contributed by atoms with Crippen molar-refractivity contribution in [1.82, 2.24) is 14.5 Å². The number of aryl methyl sites for hydroxylation is 1. The third-order valence-electron chi connectivity index (χ3n) is 6.00. The predicted molar refractivity (Wildman–Crippen MR) is 119 cm³/mol. The average Bonchev–Trinajstić information content (AvgIpc) is 3.12. The van der Waals surface area contributed by atoms with Crippen LogP contribution in [0.25, 0.3) is 10.2 Å². The van der Waals surface area contributed by atoms with Gasteiger partial charge in [-0.1, -0.05) is 37.3 Å². The molecule has 1 amide bonds. The fraction of sp³-hybridized carbons (Fsp3) is 0.435. The number of benzene rings is 1. The first-order valence-electron chi connectivity index (χ1n) is 10.4. The van der Waals surface area contributed by atoms with Gasteiger partial charge in [-0.05, 0) is 37.3 Å². The van der Waals surface area contributed by atoms with Crippen molar-refractivity contribution in [2.24, 2.45) is 0 Å². The summed E-state index contributed by atoms with van der Waals surface area (Å²) in [5, 5.41) is 11.7. The average molecular weight is 426 g/mol. The van der Waals surface area contributed by atoms with E-state index in [-0.39, 0.29) is 23.9 Å². The van der Waals surface area contributed by atoms with Crippen LogP contribution in [-0.2, 0) is 11.3 Å². The van der Waals surface area contributed by atoms with Crippen molar-refractivity contribution in [3.63, 3.8) is 0 Å². The molecule has 0 saturated carbocycles. The molecule has 3 aromatic rings. The molecule has 1 saturated heterocycles. The Morgan fingerprint density at radius 1 is 1.27 bits per heavy atom. The van der Waals surface area contributed by atoms with Crippen molar-refractivity contribution >= 4 is 27.5 Å². The molecule has 7 heteroatoms. The van der Waals surface area contributed by atoms with Crippen LogP contribution in [0.1, 0.15) is 42.5 Å². The van der Waals surface area contributed by atoms with Gasteiger partial charge in [0.15, 0.2) is 0 Å². The summed E-state index contributed by atoms with van der Waals surface area (Å²) in [6.45, 7) is 5.22. The van der Waals surface area contributed by atoms with Crippen molar-refractivity contribution < 1.29 is 9.90 Å². The molecule has 1 aliphatic rings. The molecule has 0 spiro atoms. The van der Waals surface area contributed by atoms with E-state index in [2.05, 4.69) is 11.9 Å². The molecule has 1 aromatic carbocycles. The summed E-state index contributed by atoms with van der Waals surface area (Å²) in [5.41, 5.74) is 0.0322. The third kappa shape index (κ3) is 4.32. The van der Waals surface area contributed by atoms with E-state index in [1.165, 1.54) is 22.2 Å². The summed E-state index contributed by atoms with van der Waals surface area (Å²) < 4.78 is 1.50. The first-order valence-corrected chi connectivity index (χ1v) is 11.2. The molecule has 1 unspecified atom stereocenters. The predicted octanol–water partition coefficient (Wildman–Crippen LogP) is 3.31. The Bertz CT molecular complexity index is 1100. The van der Waals surface area contributed by atoms with Crippen LogP contribution in [0.15, 0.2) is 47.5 Å². The summed E-state index contributed by atoms with van der Waals surface area (Å²) in [5.74, 6) is 0.271. The Balaban J connectivity index is 1.38. The summed E-state index contributed by atoms with van der Waals surface area (Å²) in [4.78, 5) is 33.5. The van der Waals surface area contributed by atoms with Gasteiger partial charge in [0, 0.05) is 24.4 Å². The van der Waals surface area contributed by atoms with E-state index in [9.17, 15) is 14.7 Å². The molecule has 0 aliphatic carbocycles. The van der Waals surface area contributed by atoms with E-state index in [1.54, 1.807) is 0 Å². The third-order valence-corrected chi connectivity index (χ3v) is 6.96. The molecule has 1 N–H and O–H groups in total. The Morgan fingerprint density at radius 2 is 1.97 bits per heavy atom. The van der Waals surface area contributed by atoms with Crippen molar-refractivity contribution in [3.05, 3.63) is 63.5 Å². The van der Waals surface area contributed by atoms with E-state index >= 15 is 0 Å². The highest BCUT2D eigenvalue weighted by molar-refractivity contribution is 7.18. The number of hydrogen-bond acceptors (Lipinski definition) is 5. The lowest BCUT2D eigenvalue weighted by Crippen LogP contribution is -2.49. The molecule has 1 fully saturated rings. The van der Waals surface area contributed by atoms with Crippen molar-refractivity contribution in [2.45, 2.75) is 51.2 Å². The lowest BCUT2D eigenvalue weighted by Gasteiger charge is -2.38. The largest absolute Gasteiger partial charge is 0.388 e. The number of carbonyl (C=O) groups is 1. The number of hydrogen-bond donors (Lipinski definition) is 1. The molecule has 4 rings (SSSR count). The highest BCUT2D eigenvalue weighted by Gasteiger charge is 2.35. The molecule has 1 atom stereocenters. The molecule has 30 heavy (non-hydrogen) atoms. The minimum absolute atomic E-state index is 0.113. The quantitative estimate of drug-likeness (QED) is 0.681. The van der Waals surface area contributed by atoms with E-state index in [4.69, 9.17) is 0 Å². The van der Waals surface area contributed by atoms with Crippen LogP contribution in [0.4, 0.5) is 0 Å². The van der Waals surface area contributed by atoms with Gasteiger partial charge < -0.3 is 10.0 Å². The molecule has 0 radical (unpaired) electrons. The van der Waals surface area contributed by atoms with Gasteiger partial charge in [0.05, 0.1) is 23.9 Å². The van der Waals surface area contributed by atoms with Crippen molar-refractivity contribution in [2.75, 3.05) is 13.1 Å². The Labute approximate surface area is 179 Å². The van der Waals surface area contributed by atoms with Crippen LogP contribution < -0.4 is 5.56 Å². The Kier molecular flexibility index (Phi) is 5.75. The molecule has 2 aromatic heterocycles. The lowest BCUT2D eigenvalue weighted by molar-refractivity contribution is -0.136. The maximum absolute atomic E-state index is 12.7. The van der Waals surface area contributed by atoms with Gasteiger partial charge in [0.25, 0.3) is 5.56 Å². The number of nitrogens with zero attached hydrogens (tertiary/aromatic N) is 3. The first kappa shape index (κ1) is 20.8. The van der Waals surface area contributed by atoms with Gasteiger partial charge in [0.2, 0.25) is 5.91 Å².